The number of morpholine rings is 1. The molecule has 0 bridgehead atoms. The molecule has 0 aromatic heterocycles. The van der Waals surface area contributed by atoms with Crippen LogP contribution in [0.2, 0.25) is 5.02 Å². The van der Waals surface area contributed by atoms with E-state index in [0.717, 1.165) is 50.7 Å². The molecule has 22 heavy (non-hydrogen) atoms. The number of rotatable bonds is 5. The SMILES string of the molecule is C/C(=N/NC(=S)NCC[NH+]1CCOCC1)c1cccc(Cl)c1. The van der Waals surface area contributed by atoms with E-state index in [2.05, 4.69) is 15.8 Å². The van der Waals surface area contributed by atoms with Crippen LogP contribution in [0.25, 0.3) is 0 Å². The molecule has 0 atom stereocenters. The standard InChI is InChI=1S/C15H21ClN4OS/c1-12(13-3-2-4-14(16)11-13)18-19-15(22)17-5-6-20-7-9-21-10-8-20/h2-4,11H,5-10H2,1H3,(H2,17,19,22)/p+1/b18-12-. The van der Waals surface area contributed by atoms with Crippen molar-refractivity contribution in [1.29, 1.82) is 0 Å². The molecule has 1 aromatic rings. The van der Waals surface area contributed by atoms with Crippen molar-refractivity contribution < 1.29 is 9.64 Å². The Kier molecular flexibility index (Phi) is 7.05. The number of nitrogens with one attached hydrogen (secondary N) is 3. The van der Waals surface area contributed by atoms with Crippen LogP contribution in [-0.4, -0.2) is 50.2 Å². The second kappa shape index (κ2) is 9.05. The van der Waals surface area contributed by atoms with E-state index >= 15 is 0 Å². The Bertz CT molecular complexity index is 532. The smallest absolute Gasteiger partial charge is 0.187 e. The van der Waals surface area contributed by atoms with Crippen LogP contribution in [0.15, 0.2) is 29.4 Å². The van der Waals surface area contributed by atoms with Crippen LogP contribution in [0.1, 0.15) is 12.5 Å². The van der Waals surface area contributed by atoms with Crippen molar-refractivity contribution in [1.82, 2.24) is 10.7 Å². The molecule has 0 saturated carbocycles. The average molecular weight is 342 g/mol. The Morgan fingerprint density at radius 3 is 2.91 bits per heavy atom. The molecule has 0 spiro atoms. The van der Waals surface area contributed by atoms with Gasteiger partial charge in [0.25, 0.3) is 0 Å². The minimum Gasteiger partial charge on any atom is -0.370 e. The lowest BCUT2D eigenvalue weighted by Gasteiger charge is -2.23. The largest absolute Gasteiger partial charge is 0.370 e. The summed E-state index contributed by atoms with van der Waals surface area (Å²) in [6, 6.07) is 7.58. The number of benzene rings is 1. The van der Waals surface area contributed by atoms with Gasteiger partial charge in [-0.15, -0.1) is 0 Å². The second-order valence-corrected chi connectivity index (χ2v) is 6.03. The maximum atomic E-state index is 5.97. The first-order valence-corrected chi connectivity index (χ1v) is 8.19. The van der Waals surface area contributed by atoms with E-state index < -0.39 is 0 Å². The van der Waals surface area contributed by atoms with Crippen LogP contribution in [0.3, 0.4) is 0 Å². The van der Waals surface area contributed by atoms with Gasteiger partial charge in [-0.2, -0.15) is 5.10 Å². The molecule has 0 unspecified atom stereocenters. The summed E-state index contributed by atoms with van der Waals surface area (Å²) >= 11 is 11.2. The minimum atomic E-state index is 0.536. The first kappa shape index (κ1) is 17.1. The van der Waals surface area contributed by atoms with E-state index in [1.165, 1.54) is 0 Å². The van der Waals surface area contributed by atoms with Crippen molar-refractivity contribution in [3.63, 3.8) is 0 Å². The van der Waals surface area contributed by atoms with Gasteiger partial charge in [0.2, 0.25) is 0 Å². The molecule has 1 aliphatic heterocycles. The van der Waals surface area contributed by atoms with Gasteiger partial charge >= 0.3 is 0 Å². The van der Waals surface area contributed by atoms with E-state index in [1.807, 2.05) is 31.2 Å². The zero-order valence-corrected chi connectivity index (χ0v) is 14.3. The molecule has 3 N–H and O–H groups in total. The number of hydrazone groups is 1. The van der Waals surface area contributed by atoms with Crippen molar-refractivity contribution >= 4 is 34.6 Å². The molecular weight excluding hydrogens is 320 g/mol. The van der Waals surface area contributed by atoms with Crippen LogP contribution in [-0.2, 0) is 4.74 Å². The Hall–Kier alpha value is -1.21. The highest BCUT2D eigenvalue weighted by molar-refractivity contribution is 7.80. The molecular formula is C15H22ClN4OS+. The van der Waals surface area contributed by atoms with Gasteiger partial charge in [0, 0.05) is 5.02 Å². The third-order valence-corrected chi connectivity index (χ3v) is 4.00. The summed E-state index contributed by atoms with van der Waals surface area (Å²) in [6.07, 6.45) is 0. The highest BCUT2D eigenvalue weighted by Gasteiger charge is 2.12. The lowest BCUT2D eigenvalue weighted by atomic mass is 10.1. The second-order valence-electron chi connectivity index (χ2n) is 5.19. The summed E-state index contributed by atoms with van der Waals surface area (Å²) in [5.41, 5.74) is 4.68. The van der Waals surface area contributed by atoms with E-state index in [9.17, 15) is 0 Å². The van der Waals surface area contributed by atoms with E-state index in [-0.39, 0.29) is 0 Å². The van der Waals surface area contributed by atoms with Gasteiger partial charge in [-0.1, -0.05) is 23.7 Å². The van der Waals surface area contributed by atoms with Crippen molar-refractivity contribution in [2.24, 2.45) is 5.10 Å². The third kappa shape index (κ3) is 5.88. The van der Waals surface area contributed by atoms with Crippen LogP contribution < -0.4 is 15.6 Å². The Morgan fingerprint density at radius 2 is 2.18 bits per heavy atom. The molecule has 0 amide bonds. The zero-order chi connectivity index (χ0) is 15.8. The predicted molar refractivity (Wildman–Crippen MR) is 93.8 cm³/mol. The Balaban J connectivity index is 1.71. The number of hydrogen-bond acceptors (Lipinski definition) is 3. The van der Waals surface area contributed by atoms with Crippen molar-refractivity contribution in [3.05, 3.63) is 34.9 Å². The maximum Gasteiger partial charge on any atom is 0.187 e. The zero-order valence-electron chi connectivity index (χ0n) is 12.7. The maximum absolute atomic E-state index is 5.97. The minimum absolute atomic E-state index is 0.536. The number of thiocarbonyl (C=S) groups is 1. The first-order chi connectivity index (χ1) is 10.6. The molecule has 1 heterocycles. The van der Waals surface area contributed by atoms with Gasteiger partial charge in [-0.25, -0.2) is 0 Å². The number of quaternary nitrogens is 1. The molecule has 0 aliphatic carbocycles. The third-order valence-electron chi connectivity index (χ3n) is 3.53. The summed E-state index contributed by atoms with van der Waals surface area (Å²) in [5, 5.41) is 8.68. The molecule has 1 aliphatic rings. The Morgan fingerprint density at radius 1 is 1.41 bits per heavy atom. The fraction of sp³-hybridized carbons (Fsp3) is 0.467. The van der Waals surface area contributed by atoms with Crippen LogP contribution in [0.5, 0.6) is 0 Å². The predicted octanol–water partition coefficient (Wildman–Crippen LogP) is 0.443. The highest BCUT2D eigenvalue weighted by atomic mass is 35.5. The first-order valence-electron chi connectivity index (χ1n) is 7.40. The van der Waals surface area contributed by atoms with Gasteiger partial charge in [-0.05, 0) is 36.8 Å². The molecule has 2 rings (SSSR count). The lowest BCUT2D eigenvalue weighted by Crippen LogP contribution is -3.14. The normalized spacial score (nSPS) is 16.4. The van der Waals surface area contributed by atoms with E-state index in [4.69, 9.17) is 28.6 Å². The van der Waals surface area contributed by atoms with Crippen LogP contribution in [0, 0.1) is 0 Å². The van der Waals surface area contributed by atoms with Gasteiger partial charge in [0.15, 0.2) is 5.11 Å². The lowest BCUT2D eigenvalue weighted by molar-refractivity contribution is -0.906. The number of nitrogens with zero attached hydrogens (tertiary/aromatic N) is 1. The molecule has 0 radical (unpaired) electrons. The van der Waals surface area contributed by atoms with Gasteiger partial charge in [0.1, 0.15) is 13.1 Å². The molecule has 1 fully saturated rings. The molecule has 5 nitrogen and oxygen atoms in total. The summed E-state index contributed by atoms with van der Waals surface area (Å²) in [5.74, 6) is 0. The summed E-state index contributed by atoms with van der Waals surface area (Å²) in [7, 11) is 0. The van der Waals surface area contributed by atoms with Crippen molar-refractivity contribution in [2.75, 3.05) is 39.4 Å². The van der Waals surface area contributed by atoms with Gasteiger partial charge in [-0.3, -0.25) is 5.43 Å². The molecule has 1 saturated heterocycles. The van der Waals surface area contributed by atoms with Crippen LogP contribution in [0.4, 0.5) is 0 Å². The topological polar surface area (TPSA) is 50.1 Å². The Labute approximate surface area is 141 Å². The van der Waals surface area contributed by atoms with Crippen LogP contribution >= 0.6 is 23.8 Å². The van der Waals surface area contributed by atoms with Crippen molar-refractivity contribution in [3.8, 4) is 0 Å². The highest BCUT2D eigenvalue weighted by Crippen LogP contribution is 2.11. The number of halogens is 1. The average Bonchev–Trinajstić information content (AvgIpc) is 2.53. The summed E-state index contributed by atoms with van der Waals surface area (Å²) < 4.78 is 5.34. The van der Waals surface area contributed by atoms with Gasteiger partial charge in [0.05, 0.1) is 32.0 Å². The molecule has 120 valence electrons. The number of ether oxygens (including phenoxy) is 1. The summed E-state index contributed by atoms with van der Waals surface area (Å²) in [6.45, 7) is 7.60. The van der Waals surface area contributed by atoms with E-state index in [1.54, 1.807) is 4.90 Å². The fourth-order valence-electron chi connectivity index (χ4n) is 2.22. The quantitative estimate of drug-likeness (QED) is 0.413. The summed E-state index contributed by atoms with van der Waals surface area (Å²) in [4.78, 5) is 1.54. The molecule has 7 heteroatoms. The number of hydrogen-bond donors (Lipinski definition) is 3. The van der Waals surface area contributed by atoms with Crippen molar-refractivity contribution in [2.45, 2.75) is 6.92 Å². The fourth-order valence-corrected chi connectivity index (χ4v) is 2.55. The monoisotopic (exact) mass is 341 g/mol. The van der Waals surface area contributed by atoms with E-state index in [0.29, 0.717) is 10.1 Å². The van der Waals surface area contributed by atoms with Gasteiger partial charge < -0.3 is 15.0 Å². The molecule has 1 aromatic carbocycles.